The molecular formula is C20H26F3N5O2. The van der Waals surface area contributed by atoms with E-state index in [0.29, 0.717) is 19.1 Å². The van der Waals surface area contributed by atoms with Crippen LogP contribution in [0.1, 0.15) is 38.5 Å². The Morgan fingerprint density at radius 1 is 1.27 bits per heavy atom. The van der Waals surface area contributed by atoms with Gasteiger partial charge in [-0.1, -0.05) is 0 Å². The minimum Gasteiger partial charge on any atom is -0.440 e. The summed E-state index contributed by atoms with van der Waals surface area (Å²) in [7, 11) is 2.07. The highest BCUT2D eigenvalue weighted by Crippen LogP contribution is 2.46. The Labute approximate surface area is 172 Å². The number of carbonyl (C=O) groups excluding carboxylic acids is 1. The van der Waals surface area contributed by atoms with Crippen molar-refractivity contribution in [3.63, 3.8) is 0 Å². The fourth-order valence-corrected chi connectivity index (χ4v) is 4.81. The third-order valence-corrected chi connectivity index (χ3v) is 6.67. The Kier molecular flexibility index (Phi) is 5.50. The quantitative estimate of drug-likeness (QED) is 0.801. The van der Waals surface area contributed by atoms with Crippen LogP contribution in [0, 0.1) is 5.41 Å². The van der Waals surface area contributed by atoms with Crippen LogP contribution in [0.4, 0.5) is 23.8 Å². The number of amides is 1. The van der Waals surface area contributed by atoms with Crippen LogP contribution >= 0.6 is 0 Å². The van der Waals surface area contributed by atoms with Gasteiger partial charge < -0.3 is 19.5 Å². The zero-order valence-corrected chi connectivity index (χ0v) is 16.9. The maximum Gasteiger partial charge on any atom is 0.422 e. The van der Waals surface area contributed by atoms with Gasteiger partial charge >= 0.3 is 12.3 Å². The van der Waals surface area contributed by atoms with E-state index in [1.807, 2.05) is 12.3 Å². The second-order valence-corrected chi connectivity index (χ2v) is 8.44. The molecule has 2 fully saturated rings. The number of fused-ring (bicyclic) bond motifs is 1. The molecule has 1 saturated carbocycles. The molecule has 0 unspecified atom stereocenters. The third kappa shape index (κ3) is 4.32. The van der Waals surface area contributed by atoms with E-state index in [1.165, 1.54) is 4.90 Å². The molecule has 1 saturated heterocycles. The molecule has 0 atom stereocenters. The van der Waals surface area contributed by atoms with Gasteiger partial charge in [0.1, 0.15) is 17.8 Å². The van der Waals surface area contributed by atoms with Crippen molar-refractivity contribution in [2.75, 3.05) is 31.6 Å². The molecule has 1 aliphatic carbocycles. The average molecular weight is 425 g/mol. The number of likely N-dealkylation sites (tertiary alicyclic amines) is 1. The first-order valence-electron chi connectivity index (χ1n) is 10.3. The van der Waals surface area contributed by atoms with Gasteiger partial charge in [-0.2, -0.15) is 13.2 Å². The van der Waals surface area contributed by atoms with Gasteiger partial charge in [0.25, 0.3) is 0 Å². The van der Waals surface area contributed by atoms with E-state index in [2.05, 4.69) is 31.6 Å². The minimum absolute atomic E-state index is 0.160. The van der Waals surface area contributed by atoms with Gasteiger partial charge in [0, 0.05) is 32.4 Å². The predicted octanol–water partition coefficient (Wildman–Crippen LogP) is 4.12. The molecule has 7 nitrogen and oxygen atoms in total. The Morgan fingerprint density at radius 2 is 1.97 bits per heavy atom. The van der Waals surface area contributed by atoms with Gasteiger partial charge in [-0.05, 0) is 50.0 Å². The van der Waals surface area contributed by atoms with Crippen LogP contribution in [0.25, 0.3) is 11.0 Å². The maximum atomic E-state index is 12.3. The summed E-state index contributed by atoms with van der Waals surface area (Å²) in [6, 6.07) is 2.36. The summed E-state index contributed by atoms with van der Waals surface area (Å²) in [5.74, 6) is 0.921. The lowest BCUT2D eigenvalue weighted by atomic mass is 9.67. The van der Waals surface area contributed by atoms with Gasteiger partial charge in [0.2, 0.25) is 0 Å². The number of nitrogens with one attached hydrogen (secondary N) is 1. The van der Waals surface area contributed by atoms with Crippen molar-refractivity contribution in [1.29, 1.82) is 0 Å². The molecule has 0 aromatic carbocycles. The number of hydrogen-bond acceptors (Lipinski definition) is 5. The minimum atomic E-state index is -4.49. The number of ether oxygens (including phenoxy) is 1. The topological polar surface area (TPSA) is 74.4 Å². The molecule has 2 aromatic heterocycles. The molecule has 1 aliphatic heterocycles. The van der Waals surface area contributed by atoms with E-state index in [1.54, 1.807) is 6.33 Å². The molecule has 10 heteroatoms. The van der Waals surface area contributed by atoms with Crippen LogP contribution < -0.4 is 4.90 Å². The lowest BCUT2D eigenvalue weighted by molar-refractivity contribution is -0.163. The van der Waals surface area contributed by atoms with Crippen LogP contribution in [0.2, 0.25) is 0 Å². The van der Waals surface area contributed by atoms with Gasteiger partial charge in [-0.25, -0.2) is 14.8 Å². The maximum absolute atomic E-state index is 12.3. The summed E-state index contributed by atoms with van der Waals surface area (Å²) in [5.41, 5.74) is 0.983. The van der Waals surface area contributed by atoms with Crippen LogP contribution in [-0.4, -0.2) is 64.9 Å². The number of halogens is 3. The monoisotopic (exact) mass is 425 g/mol. The van der Waals surface area contributed by atoms with Gasteiger partial charge in [0.15, 0.2) is 6.61 Å². The summed E-state index contributed by atoms with van der Waals surface area (Å²) >= 11 is 0. The third-order valence-electron chi connectivity index (χ3n) is 6.67. The van der Waals surface area contributed by atoms with E-state index in [4.69, 9.17) is 0 Å². The number of hydrogen-bond donors (Lipinski definition) is 1. The van der Waals surface area contributed by atoms with Crippen LogP contribution in [0.5, 0.6) is 0 Å². The first kappa shape index (κ1) is 20.7. The number of anilines is 1. The van der Waals surface area contributed by atoms with E-state index in [0.717, 1.165) is 55.4 Å². The number of H-pyrrole nitrogens is 1. The highest BCUT2D eigenvalue weighted by Gasteiger charge is 2.41. The van der Waals surface area contributed by atoms with E-state index in [-0.39, 0.29) is 5.41 Å². The number of carbonyl (C=O) groups is 1. The van der Waals surface area contributed by atoms with Crippen LogP contribution in [0.15, 0.2) is 18.6 Å². The predicted molar refractivity (Wildman–Crippen MR) is 105 cm³/mol. The van der Waals surface area contributed by atoms with Gasteiger partial charge in [0.05, 0.1) is 5.39 Å². The number of piperidine rings is 1. The second-order valence-electron chi connectivity index (χ2n) is 8.44. The van der Waals surface area contributed by atoms with Crippen molar-refractivity contribution in [3.8, 4) is 0 Å². The SMILES string of the molecule is CN(c1ncnc2[nH]ccc12)C1CCC2(CC1)CCN(C(=O)OCC(F)(F)F)CC2. The largest absolute Gasteiger partial charge is 0.440 e. The van der Waals surface area contributed by atoms with Crippen molar-refractivity contribution >= 4 is 22.9 Å². The average Bonchev–Trinajstić information content (AvgIpc) is 3.21. The first-order valence-corrected chi connectivity index (χ1v) is 10.3. The van der Waals surface area contributed by atoms with Crippen molar-refractivity contribution in [3.05, 3.63) is 18.6 Å². The molecule has 3 heterocycles. The Hall–Kier alpha value is -2.52. The van der Waals surface area contributed by atoms with Crippen molar-refractivity contribution in [1.82, 2.24) is 19.9 Å². The van der Waals surface area contributed by atoms with Crippen molar-refractivity contribution in [2.24, 2.45) is 5.41 Å². The van der Waals surface area contributed by atoms with Gasteiger partial charge in [-0.3, -0.25) is 0 Å². The lowest BCUT2D eigenvalue weighted by Crippen LogP contribution is -2.47. The second kappa shape index (κ2) is 7.96. The zero-order chi connectivity index (χ0) is 21.4. The standard InChI is InChI=1S/C20H26F3N5O2/c1-27(17-15-4-9-24-16(15)25-13-26-17)14-2-5-19(6-3-14)7-10-28(11-8-19)18(29)30-12-20(21,22)23/h4,9,13-14H,2-3,5-8,10-12H2,1H3,(H,24,25,26). The molecule has 1 spiro atoms. The van der Waals surface area contributed by atoms with Crippen LogP contribution in [-0.2, 0) is 4.74 Å². The Morgan fingerprint density at radius 3 is 2.63 bits per heavy atom. The summed E-state index contributed by atoms with van der Waals surface area (Å²) in [4.78, 5) is 27.4. The lowest BCUT2D eigenvalue weighted by Gasteiger charge is -2.47. The normalized spacial score (nSPS) is 19.9. The summed E-state index contributed by atoms with van der Waals surface area (Å²) < 4.78 is 41.1. The molecule has 4 rings (SSSR count). The van der Waals surface area contributed by atoms with E-state index >= 15 is 0 Å². The molecule has 0 radical (unpaired) electrons. The number of aromatic amines is 1. The molecule has 1 N–H and O–H groups in total. The van der Waals surface area contributed by atoms with Gasteiger partial charge in [-0.15, -0.1) is 0 Å². The molecule has 2 aromatic rings. The summed E-state index contributed by atoms with van der Waals surface area (Å²) in [5, 5.41) is 1.01. The van der Waals surface area contributed by atoms with Crippen molar-refractivity contribution < 1.29 is 22.7 Å². The van der Waals surface area contributed by atoms with E-state index < -0.39 is 18.9 Å². The molecule has 1 amide bonds. The van der Waals surface area contributed by atoms with Crippen molar-refractivity contribution in [2.45, 2.75) is 50.7 Å². The van der Waals surface area contributed by atoms with E-state index in [9.17, 15) is 18.0 Å². The molecule has 164 valence electrons. The highest BCUT2D eigenvalue weighted by atomic mass is 19.4. The summed E-state index contributed by atoms with van der Waals surface area (Å²) in [6.07, 6.45) is 3.80. The zero-order valence-electron chi connectivity index (χ0n) is 16.9. The fourth-order valence-electron chi connectivity index (χ4n) is 4.81. The smallest absolute Gasteiger partial charge is 0.422 e. The van der Waals surface area contributed by atoms with Crippen LogP contribution in [0.3, 0.4) is 0 Å². The molecule has 30 heavy (non-hydrogen) atoms. The fraction of sp³-hybridized carbons (Fsp3) is 0.650. The molecular weight excluding hydrogens is 399 g/mol. The summed E-state index contributed by atoms with van der Waals surface area (Å²) in [6.45, 7) is -0.626. The molecule has 2 aliphatic rings. The number of aromatic nitrogens is 3. The number of rotatable bonds is 3. The Balaban J connectivity index is 1.31. The number of alkyl halides is 3. The Bertz CT molecular complexity index is 882. The first-order chi connectivity index (χ1) is 14.3. The molecule has 0 bridgehead atoms. The highest BCUT2D eigenvalue weighted by molar-refractivity contribution is 5.87. The number of nitrogens with zero attached hydrogens (tertiary/aromatic N) is 4.